The van der Waals surface area contributed by atoms with Crippen LogP contribution in [0, 0.1) is 0 Å². The zero-order chi connectivity index (χ0) is 20.7. The Morgan fingerprint density at radius 1 is 0.441 bits per heavy atom. The maximum atomic E-state index is 2.43. The van der Waals surface area contributed by atoms with E-state index in [9.17, 15) is 0 Å². The Morgan fingerprint density at radius 2 is 0.794 bits per heavy atom. The van der Waals surface area contributed by atoms with Crippen LogP contribution in [0.3, 0.4) is 0 Å². The van der Waals surface area contributed by atoms with Crippen molar-refractivity contribution in [3.8, 4) is 0 Å². The fraction of sp³-hybridized carbons (Fsp3) is 0. The minimum Gasteiger partial charge on any atom is -1.00 e. The summed E-state index contributed by atoms with van der Waals surface area (Å²) in [4.78, 5) is 0. The van der Waals surface area contributed by atoms with Gasteiger partial charge in [0.25, 0.3) is 0 Å². The van der Waals surface area contributed by atoms with Crippen molar-refractivity contribution in [3.05, 3.63) is 133 Å². The molecule has 0 amide bonds. The van der Waals surface area contributed by atoms with Gasteiger partial charge in [-0.25, -0.2) is 0 Å². The number of hydrogen-bond donors (Lipinski definition) is 0. The van der Waals surface area contributed by atoms with Crippen LogP contribution in [-0.4, -0.2) is 8.07 Å². The van der Waals surface area contributed by atoms with Gasteiger partial charge in [0, 0.05) is 0 Å². The molecule has 0 heterocycles. The van der Waals surface area contributed by atoms with Crippen LogP contribution in [0.1, 0.15) is 0 Å². The van der Waals surface area contributed by atoms with E-state index in [2.05, 4.69) is 133 Å². The van der Waals surface area contributed by atoms with E-state index in [1.54, 1.807) is 0 Å². The van der Waals surface area contributed by atoms with Crippen molar-refractivity contribution in [2.24, 2.45) is 0 Å². The third-order valence-electron chi connectivity index (χ3n) is 6.52. The minimum absolute atomic E-state index is 0. The second-order valence-corrected chi connectivity index (χ2v) is 12.0. The van der Waals surface area contributed by atoms with E-state index in [1.165, 1.54) is 42.3 Å². The van der Waals surface area contributed by atoms with E-state index >= 15 is 0 Å². The second kappa shape index (κ2) is 11.0. The first kappa shape index (κ1) is 26.4. The number of hydrogen-bond acceptors (Lipinski definition) is 0. The van der Waals surface area contributed by atoms with Gasteiger partial charge in [-0.2, -0.15) is 22.9 Å². The van der Waals surface area contributed by atoms with E-state index < -0.39 is 8.07 Å². The predicted octanol–water partition coefficient (Wildman–Crippen LogP) is -1.19. The molecule has 0 N–H and O–H groups in total. The average molecular weight is 573 g/mol. The third-order valence-corrected chi connectivity index (χ3v) is 11.2. The van der Waals surface area contributed by atoms with E-state index in [0.717, 1.165) is 0 Å². The molecular formula is C30H22Cl2SiZr. The van der Waals surface area contributed by atoms with Gasteiger partial charge in [-0.15, -0.1) is 69.7 Å². The van der Waals surface area contributed by atoms with Crippen LogP contribution in [0.2, 0.25) is 0 Å². The quantitative estimate of drug-likeness (QED) is 0.184. The van der Waals surface area contributed by atoms with Crippen LogP contribution in [0.15, 0.2) is 133 Å². The smallest absolute Gasteiger partial charge is 1.00 e. The summed E-state index contributed by atoms with van der Waals surface area (Å²) in [5.74, 6) is 0. The molecule has 0 unspecified atom stereocenters. The molecule has 4 heteroatoms. The van der Waals surface area contributed by atoms with Crippen molar-refractivity contribution in [1.82, 2.24) is 0 Å². The molecule has 0 nitrogen and oxygen atoms in total. The molecule has 0 aliphatic rings. The summed E-state index contributed by atoms with van der Waals surface area (Å²) >= 11 is 0. The Kier molecular flexibility index (Phi) is 8.55. The maximum absolute atomic E-state index is 2.47. The molecule has 0 bridgehead atoms. The van der Waals surface area contributed by atoms with Gasteiger partial charge >= 0.3 is 26.2 Å². The molecule has 164 valence electrons. The van der Waals surface area contributed by atoms with Crippen molar-refractivity contribution >= 4 is 50.4 Å². The average Bonchev–Trinajstić information content (AvgIpc) is 3.46. The van der Waals surface area contributed by atoms with Gasteiger partial charge in [-0.3, -0.25) is 0 Å². The first-order chi connectivity index (χ1) is 15.4. The van der Waals surface area contributed by atoms with Gasteiger partial charge in [0.15, 0.2) is 0 Å². The van der Waals surface area contributed by atoms with Crippen molar-refractivity contribution < 1.29 is 51.0 Å². The zero-order valence-corrected chi connectivity index (χ0v) is 23.4. The number of fused-ring (bicyclic) bond motifs is 2. The Balaban J connectivity index is 0.00000108. The molecule has 6 rings (SSSR count). The van der Waals surface area contributed by atoms with Gasteiger partial charge in [-0.1, -0.05) is 72.8 Å². The van der Waals surface area contributed by atoms with Crippen LogP contribution in [-0.2, 0) is 26.2 Å². The molecule has 34 heavy (non-hydrogen) atoms. The van der Waals surface area contributed by atoms with Gasteiger partial charge in [0.1, 0.15) is 8.07 Å². The molecule has 0 spiro atoms. The Hall–Kier alpha value is -2.22. The normalized spacial score (nSPS) is 10.8. The van der Waals surface area contributed by atoms with Gasteiger partial charge < -0.3 is 24.8 Å². The fourth-order valence-corrected chi connectivity index (χ4v) is 9.98. The molecule has 6 aromatic rings. The fourth-order valence-electron chi connectivity index (χ4n) is 5.11. The van der Waals surface area contributed by atoms with E-state index in [-0.39, 0.29) is 51.0 Å². The van der Waals surface area contributed by atoms with E-state index in [0.29, 0.717) is 0 Å². The molecule has 0 atom stereocenters. The first-order valence-corrected chi connectivity index (χ1v) is 12.8. The summed E-state index contributed by atoms with van der Waals surface area (Å²) < 4.78 is 0. The summed E-state index contributed by atoms with van der Waals surface area (Å²) in [6.07, 6.45) is 0. The standard InChI is InChI=1S/C30H22Si.2ClH.Zr/c1-3-15-27(16-4-1)31(28-17-5-2-6-18-28,29-19-23-11-7-8-12-24(23)20-29)30-21-25-13-9-10-14-26(25)22-30;;;/h1-22H;2*1H;/q-2;;;+4/p-2. The zero-order valence-electron chi connectivity index (χ0n) is 18.5. The van der Waals surface area contributed by atoms with Crippen LogP contribution in [0.25, 0.3) is 21.5 Å². The van der Waals surface area contributed by atoms with Crippen molar-refractivity contribution in [2.45, 2.75) is 0 Å². The molecule has 6 aromatic carbocycles. The molecule has 0 fully saturated rings. The molecule has 0 aliphatic carbocycles. The summed E-state index contributed by atoms with van der Waals surface area (Å²) in [5, 5.41) is 11.0. The summed E-state index contributed by atoms with van der Waals surface area (Å²) in [6, 6.07) is 49.5. The second-order valence-electron chi connectivity index (χ2n) is 8.23. The molecule has 0 aromatic heterocycles. The minimum atomic E-state index is -2.47. The monoisotopic (exact) mass is 570 g/mol. The number of benzene rings is 4. The Labute approximate surface area is 233 Å². The van der Waals surface area contributed by atoms with E-state index in [1.807, 2.05) is 0 Å². The molecule has 0 saturated heterocycles. The molecule has 0 saturated carbocycles. The predicted molar refractivity (Wildman–Crippen MR) is 136 cm³/mol. The maximum Gasteiger partial charge on any atom is 4.00 e. The van der Waals surface area contributed by atoms with Crippen molar-refractivity contribution in [3.63, 3.8) is 0 Å². The SMILES string of the molecule is [Cl-].[Cl-].[Zr+4].c1ccc([Si](c2ccccc2)(c2cc3ccccc3[cH-]2)c2cc3ccccc3[cH-]2)cc1. The third kappa shape index (κ3) is 4.30. The molecule has 0 aliphatic heterocycles. The number of halogens is 2. The summed E-state index contributed by atoms with van der Waals surface area (Å²) in [6.45, 7) is 0. The van der Waals surface area contributed by atoms with Crippen LogP contribution in [0.4, 0.5) is 0 Å². The van der Waals surface area contributed by atoms with Crippen molar-refractivity contribution in [1.29, 1.82) is 0 Å². The van der Waals surface area contributed by atoms with E-state index in [4.69, 9.17) is 0 Å². The van der Waals surface area contributed by atoms with Gasteiger partial charge in [-0.05, 0) is 10.4 Å². The Morgan fingerprint density at radius 3 is 1.18 bits per heavy atom. The number of rotatable bonds is 4. The largest absolute Gasteiger partial charge is 4.00 e. The summed E-state index contributed by atoms with van der Waals surface area (Å²) in [5.41, 5.74) is 0. The van der Waals surface area contributed by atoms with Gasteiger partial charge in [0.05, 0.1) is 0 Å². The van der Waals surface area contributed by atoms with Crippen LogP contribution < -0.4 is 45.6 Å². The van der Waals surface area contributed by atoms with Gasteiger partial charge in [0.2, 0.25) is 0 Å². The summed E-state index contributed by atoms with van der Waals surface area (Å²) in [7, 11) is -2.47. The van der Waals surface area contributed by atoms with Crippen molar-refractivity contribution in [2.75, 3.05) is 0 Å². The molecule has 0 radical (unpaired) electrons. The van der Waals surface area contributed by atoms with Crippen LogP contribution in [0.5, 0.6) is 0 Å². The van der Waals surface area contributed by atoms with Crippen LogP contribution >= 0.6 is 0 Å². The Bertz CT molecular complexity index is 1300. The molecular weight excluding hydrogens is 551 g/mol. The first-order valence-electron chi connectivity index (χ1n) is 10.8. The topological polar surface area (TPSA) is 0 Å².